The Labute approximate surface area is 155 Å². The number of amides is 1. The highest BCUT2D eigenvalue weighted by Crippen LogP contribution is 2.29. The van der Waals surface area contributed by atoms with E-state index in [0.29, 0.717) is 5.69 Å². The molecule has 0 atom stereocenters. The second kappa shape index (κ2) is 7.65. The molecule has 8 nitrogen and oxygen atoms in total. The van der Waals surface area contributed by atoms with Crippen LogP contribution in [0.25, 0.3) is 0 Å². The van der Waals surface area contributed by atoms with Gasteiger partial charge in [0.25, 0.3) is 5.91 Å². The number of hydrogen-bond donors (Lipinski definition) is 2. The molecule has 0 aliphatic rings. The minimum atomic E-state index is -0.771. The molecule has 3 N–H and O–H groups in total. The van der Waals surface area contributed by atoms with Gasteiger partial charge in [-0.05, 0) is 6.07 Å². The summed E-state index contributed by atoms with van der Waals surface area (Å²) in [6.07, 6.45) is 0. The highest BCUT2D eigenvalue weighted by molar-refractivity contribution is 6.33. The molecule has 1 heterocycles. The molecule has 0 fully saturated rings. The Morgan fingerprint density at radius 1 is 1.31 bits per heavy atom. The summed E-state index contributed by atoms with van der Waals surface area (Å²) in [6, 6.07) is 4.34. The Morgan fingerprint density at radius 3 is 2.58 bits per heavy atom. The van der Waals surface area contributed by atoms with Crippen LogP contribution in [0.5, 0.6) is 5.75 Å². The van der Waals surface area contributed by atoms with E-state index in [4.69, 9.17) is 31.3 Å². The molecule has 2 rings (SSSR count). The lowest BCUT2D eigenvalue weighted by Gasteiger charge is -2.12. The summed E-state index contributed by atoms with van der Waals surface area (Å²) < 4.78 is 15.1. The number of halogens is 1. The summed E-state index contributed by atoms with van der Waals surface area (Å²) in [4.78, 5) is 24.1. The molecule has 0 unspecified atom stereocenters. The van der Waals surface area contributed by atoms with Gasteiger partial charge < -0.3 is 19.7 Å². The summed E-state index contributed by atoms with van der Waals surface area (Å²) in [5.74, 6) is -0.978. The first kappa shape index (κ1) is 19.6. The second-order valence-electron chi connectivity index (χ2n) is 6.52. The fourth-order valence-corrected chi connectivity index (χ4v) is 2.13. The summed E-state index contributed by atoms with van der Waals surface area (Å²) in [6.45, 7) is 5.37. The minimum absolute atomic E-state index is 0.0641. The third-order valence-electron chi connectivity index (χ3n) is 3.41. The number of benzene rings is 1. The van der Waals surface area contributed by atoms with E-state index in [1.807, 2.05) is 20.8 Å². The van der Waals surface area contributed by atoms with Crippen molar-refractivity contribution in [3.8, 4) is 5.75 Å². The Kier molecular flexibility index (Phi) is 5.76. The Bertz CT molecular complexity index is 826. The predicted octanol–water partition coefficient (Wildman–Crippen LogP) is 3.01. The summed E-state index contributed by atoms with van der Waals surface area (Å²) >= 11 is 5.91. The predicted molar refractivity (Wildman–Crippen MR) is 96.5 cm³/mol. The van der Waals surface area contributed by atoms with Crippen LogP contribution in [0.15, 0.2) is 22.7 Å². The number of nitrogens with one attached hydrogen (secondary N) is 1. The molecule has 1 aromatic carbocycles. The summed E-state index contributed by atoms with van der Waals surface area (Å²) in [7, 11) is 1.38. The highest BCUT2D eigenvalue weighted by Gasteiger charge is 2.21. The van der Waals surface area contributed by atoms with E-state index in [0.717, 1.165) is 0 Å². The maximum atomic E-state index is 12.2. The third-order valence-corrected chi connectivity index (χ3v) is 3.74. The van der Waals surface area contributed by atoms with E-state index in [-0.39, 0.29) is 33.3 Å². The van der Waals surface area contributed by atoms with Crippen molar-refractivity contribution in [1.29, 1.82) is 0 Å². The number of ether oxygens (including phenoxy) is 2. The van der Waals surface area contributed by atoms with Gasteiger partial charge in [-0.15, -0.1) is 0 Å². The smallest absolute Gasteiger partial charge is 0.342 e. The van der Waals surface area contributed by atoms with Crippen molar-refractivity contribution < 1.29 is 23.6 Å². The minimum Gasteiger partial charge on any atom is -0.496 e. The zero-order valence-electron chi connectivity index (χ0n) is 14.9. The van der Waals surface area contributed by atoms with Crippen molar-refractivity contribution in [1.82, 2.24) is 5.16 Å². The van der Waals surface area contributed by atoms with Gasteiger partial charge in [0.15, 0.2) is 6.61 Å². The Morgan fingerprint density at radius 2 is 2.00 bits per heavy atom. The molecule has 9 heteroatoms. The van der Waals surface area contributed by atoms with Crippen molar-refractivity contribution in [2.75, 3.05) is 24.8 Å². The number of nitrogens with two attached hydrogens (primary N) is 1. The van der Waals surface area contributed by atoms with Crippen LogP contribution < -0.4 is 15.8 Å². The number of esters is 1. The first-order valence-corrected chi connectivity index (χ1v) is 8.06. The monoisotopic (exact) mass is 381 g/mol. The van der Waals surface area contributed by atoms with Crippen LogP contribution >= 0.6 is 11.6 Å². The van der Waals surface area contributed by atoms with Crippen molar-refractivity contribution in [3.05, 3.63) is 34.5 Å². The normalized spacial score (nSPS) is 11.1. The van der Waals surface area contributed by atoms with Crippen LogP contribution in [0.3, 0.4) is 0 Å². The first-order valence-electron chi connectivity index (χ1n) is 7.69. The molecule has 0 spiro atoms. The number of anilines is 2. The second-order valence-corrected chi connectivity index (χ2v) is 6.93. The van der Waals surface area contributed by atoms with Crippen molar-refractivity contribution >= 4 is 35.0 Å². The fourth-order valence-electron chi connectivity index (χ4n) is 1.97. The van der Waals surface area contributed by atoms with Gasteiger partial charge in [0.05, 0.1) is 23.5 Å². The Balaban J connectivity index is 1.98. The van der Waals surface area contributed by atoms with Gasteiger partial charge in [0, 0.05) is 17.5 Å². The zero-order chi connectivity index (χ0) is 19.5. The van der Waals surface area contributed by atoms with Crippen LogP contribution in [0.1, 0.15) is 36.8 Å². The number of hydrogen-bond acceptors (Lipinski definition) is 7. The van der Waals surface area contributed by atoms with Crippen molar-refractivity contribution in [2.45, 2.75) is 26.2 Å². The molecular formula is C17H20ClN3O5. The van der Waals surface area contributed by atoms with Gasteiger partial charge in [0.2, 0.25) is 5.88 Å². The summed E-state index contributed by atoms with van der Waals surface area (Å²) in [5.41, 5.74) is 6.46. The molecule has 1 aromatic heterocycles. The van der Waals surface area contributed by atoms with Gasteiger partial charge >= 0.3 is 5.97 Å². The van der Waals surface area contributed by atoms with E-state index in [9.17, 15) is 9.59 Å². The maximum Gasteiger partial charge on any atom is 0.342 e. The van der Waals surface area contributed by atoms with Crippen LogP contribution in [0.4, 0.5) is 11.6 Å². The van der Waals surface area contributed by atoms with Gasteiger partial charge in [0.1, 0.15) is 11.3 Å². The quantitative estimate of drug-likeness (QED) is 0.603. The van der Waals surface area contributed by atoms with Gasteiger partial charge in [-0.2, -0.15) is 0 Å². The number of methoxy groups -OCH3 is 1. The van der Waals surface area contributed by atoms with Gasteiger partial charge in [-0.3, -0.25) is 10.1 Å². The van der Waals surface area contributed by atoms with Crippen LogP contribution in [0, 0.1) is 0 Å². The summed E-state index contributed by atoms with van der Waals surface area (Å²) in [5, 5.41) is 6.53. The average molecular weight is 382 g/mol. The van der Waals surface area contributed by atoms with Gasteiger partial charge in [-0.25, -0.2) is 4.79 Å². The number of nitrogen functional groups attached to an aromatic ring is 1. The van der Waals surface area contributed by atoms with Crippen LogP contribution in [0.2, 0.25) is 5.02 Å². The Hall–Kier alpha value is -2.74. The SMILES string of the molecule is COc1cc(N)c(Cl)cc1C(=O)OCC(=O)Nc1cc(C(C)(C)C)no1. The molecule has 0 radical (unpaired) electrons. The fraction of sp³-hybridized carbons (Fsp3) is 0.353. The standard InChI is InChI=1S/C17H20ClN3O5/c1-17(2,3)13-7-15(26-21-13)20-14(22)8-25-16(23)9-5-10(18)11(19)6-12(9)24-4/h5-7H,8,19H2,1-4H3,(H,20,22). The van der Waals surface area contributed by atoms with Crippen LogP contribution in [-0.2, 0) is 14.9 Å². The molecular weight excluding hydrogens is 362 g/mol. The number of nitrogens with zero attached hydrogens (tertiary/aromatic N) is 1. The third kappa shape index (κ3) is 4.66. The first-order chi connectivity index (χ1) is 12.1. The number of carbonyl (C=O) groups is 2. The van der Waals surface area contributed by atoms with E-state index in [2.05, 4.69) is 10.5 Å². The lowest BCUT2D eigenvalue weighted by atomic mass is 9.92. The molecule has 140 valence electrons. The zero-order valence-corrected chi connectivity index (χ0v) is 15.6. The number of carbonyl (C=O) groups excluding carboxylic acids is 2. The van der Waals surface area contributed by atoms with Gasteiger partial charge in [-0.1, -0.05) is 37.5 Å². The van der Waals surface area contributed by atoms with E-state index in [1.165, 1.54) is 19.2 Å². The number of rotatable bonds is 5. The van der Waals surface area contributed by atoms with Crippen LogP contribution in [-0.4, -0.2) is 30.7 Å². The average Bonchev–Trinajstić information content (AvgIpc) is 3.03. The van der Waals surface area contributed by atoms with Crippen molar-refractivity contribution in [2.24, 2.45) is 0 Å². The molecule has 0 bridgehead atoms. The maximum absolute atomic E-state index is 12.2. The van der Waals surface area contributed by atoms with E-state index < -0.39 is 18.5 Å². The molecule has 0 saturated heterocycles. The molecule has 0 aliphatic carbocycles. The largest absolute Gasteiger partial charge is 0.496 e. The molecule has 2 aromatic rings. The topological polar surface area (TPSA) is 117 Å². The van der Waals surface area contributed by atoms with E-state index >= 15 is 0 Å². The van der Waals surface area contributed by atoms with E-state index in [1.54, 1.807) is 6.07 Å². The molecule has 0 aliphatic heterocycles. The highest BCUT2D eigenvalue weighted by atomic mass is 35.5. The molecule has 1 amide bonds. The molecule has 26 heavy (non-hydrogen) atoms. The number of aromatic nitrogens is 1. The lowest BCUT2D eigenvalue weighted by Crippen LogP contribution is -2.21. The molecule has 0 saturated carbocycles. The lowest BCUT2D eigenvalue weighted by molar-refractivity contribution is -0.119. The van der Waals surface area contributed by atoms with Crippen molar-refractivity contribution in [3.63, 3.8) is 0 Å².